The Morgan fingerprint density at radius 2 is 0.587 bits per heavy atom. The molecule has 0 fully saturated rings. The van der Waals surface area contributed by atoms with Crippen LogP contribution in [0, 0.1) is 0 Å². The van der Waals surface area contributed by atoms with E-state index < -0.39 is 0 Å². The number of nitrogens with zero attached hydrogens (tertiary/aromatic N) is 3. The highest BCUT2D eigenvalue weighted by Crippen LogP contribution is 2.44. The van der Waals surface area contributed by atoms with Crippen LogP contribution in [0.1, 0.15) is 0 Å². The molecule has 0 N–H and O–H groups in total. The van der Waals surface area contributed by atoms with Gasteiger partial charge >= 0.3 is 0 Å². The van der Waals surface area contributed by atoms with E-state index in [1.807, 2.05) is 0 Å². The van der Waals surface area contributed by atoms with Gasteiger partial charge in [0.2, 0.25) is 0 Å². The Balaban J connectivity index is 1.02. The fourth-order valence-electron chi connectivity index (χ4n) is 10.2. The minimum Gasteiger partial charge on any atom is -0.309 e. The number of fused-ring (bicyclic) bond motifs is 10. The summed E-state index contributed by atoms with van der Waals surface area (Å²) in [5, 5.41) is 7.45. The third-order valence-electron chi connectivity index (χ3n) is 13.0. The predicted molar refractivity (Wildman–Crippen MR) is 266 cm³/mol. The van der Waals surface area contributed by atoms with Crippen molar-refractivity contribution in [2.75, 3.05) is 0 Å². The van der Waals surface area contributed by atoms with Crippen LogP contribution in [-0.4, -0.2) is 13.7 Å². The minimum atomic E-state index is 1.14. The second kappa shape index (κ2) is 14.1. The molecule has 0 aliphatic carbocycles. The van der Waals surface area contributed by atoms with Gasteiger partial charge in [0.25, 0.3) is 0 Å². The zero-order chi connectivity index (χ0) is 41.4. The molecule has 0 amide bonds. The van der Waals surface area contributed by atoms with Crippen LogP contribution < -0.4 is 0 Å². The van der Waals surface area contributed by atoms with Crippen molar-refractivity contribution in [2.24, 2.45) is 0 Å². The van der Waals surface area contributed by atoms with E-state index in [1.54, 1.807) is 0 Å². The van der Waals surface area contributed by atoms with Gasteiger partial charge in [-0.3, -0.25) is 0 Å². The summed E-state index contributed by atoms with van der Waals surface area (Å²) in [4.78, 5) is 0. The first-order valence-corrected chi connectivity index (χ1v) is 21.7. The number of rotatable bonds is 6. The fourth-order valence-corrected chi connectivity index (χ4v) is 10.2. The Kier molecular flexibility index (Phi) is 7.91. The lowest BCUT2D eigenvalue weighted by Gasteiger charge is -2.11. The molecule has 63 heavy (non-hydrogen) atoms. The molecule has 0 atom stereocenters. The van der Waals surface area contributed by atoms with Crippen molar-refractivity contribution in [3.63, 3.8) is 0 Å². The number of hydrogen-bond donors (Lipinski definition) is 0. The highest BCUT2D eigenvalue weighted by molar-refractivity contribution is 6.26. The topological polar surface area (TPSA) is 14.8 Å². The van der Waals surface area contributed by atoms with Gasteiger partial charge in [-0.15, -0.1) is 0 Å². The predicted octanol–water partition coefficient (Wildman–Crippen LogP) is 16.0. The molecule has 0 spiro atoms. The summed E-state index contributed by atoms with van der Waals surface area (Å²) < 4.78 is 7.31. The van der Waals surface area contributed by atoms with E-state index in [1.165, 1.54) is 98.8 Å². The average molecular weight is 802 g/mol. The van der Waals surface area contributed by atoms with Crippen LogP contribution in [0.3, 0.4) is 0 Å². The second-order valence-electron chi connectivity index (χ2n) is 16.5. The van der Waals surface area contributed by atoms with Gasteiger partial charge in [0, 0.05) is 49.4 Å². The van der Waals surface area contributed by atoms with E-state index in [0.717, 1.165) is 17.1 Å². The lowest BCUT2D eigenvalue weighted by Crippen LogP contribution is -1.95. The third kappa shape index (κ3) is 5.53. The third-order valence-corrected chi connectivity index (χ3v) is 13.0. The average Bonchev–Trinajstić information content (AvgIpc) is 4.00. The van der Waals surface area contributed by atoms with Gasteiger partial charge in [0.1, 0.15) is 0 Å². The molecule has 3 heterocycles. The molecule has 10 aromatic carbocycles. The number of benzene rings is 10. The molecule has 0 aliphatic heterocycles. The van der Waals surface area contributed by atoms with Crippen molar-refractivity contribution in [1.82, 2.24) is 13.7 Å². The monoisotopic (exact) mass is 801 g/mol. The highest BCUT2D eigenvalue weighted by atomic mass is 15.0. The molecule has 3 aromatic heterocycles. The Morgan fingerprint density at radius 3 is 1.19 bits per heavy atom. The summed E-state index contributed by atoms with van der Waals surface area (Å²) in [6.45, 7) is 0. The standard InChI is InChI=1S/C60H39N3/c1-4-14-40(15-5-1)42-24-30-47(31-25-42)61-54-22-12-10-20-49(54)52-38-44(28-35-56(52)61)45-29-36-57-53(39-45)50-34-37-58-59(51-21-11-13-23-55(51)62(58)46-18-8-3-9-19-46)60(50)63(57)48-32-26-43(27-33-48)41-16-6-2-7-17-41/h1-39H. The van der Waals surface area contributed by atoms with Crippen molar-refractivity contribution in [2.45, 2.75) is 0 Å². The SMILES string of the molecule is c1ccc(-c2ccc(-n3c4ccccc4c4cc(-c5ccc6c(c5)c5ccc7c(c8ccccc8n7-c7ccccc7)c5n6-c5ccc(-c6ccccc6)cc5)ccc43)cc2)cc1. The Hall–Kier alpha value is -8.40. The smallest absolute Gasteiger partial charge is 0.0641 e. The van der Waals surface area contributed by atoms with E-state index in [0.29, 0.717) is 0 Å². The van der Waals surface area contributed by atoms with Gasteiger partial charge in [-0.05, 0) is 112 Å². The minimum absolute atomic E-state index is 1.14. The zero-order valence-electron chi connectivity index (χ0n) is 34.4. The lowest BCUT2D eigenvalue weighted by atomic mass is 10.00. The van der Waals surface area contributed by atoms with Crippen LogP contribution in [0.5, 0.6) is 0 Å². The van der Waals surface area contributed by atoms with Crippen LogP contribution in [0.25, 0.3) is 116 Å². The molecule has 3 nitrogen and oxygen atoms in total. The van der Waals surface area contributed by atoms with Crippen molar-refractivity contribution < 1.29 is 0 Å². The van der Waals surface area contributed by atoms with Crippen molar-refractivity contribution in [3.05, 3.63) is 237 Å². The Labute approximate surface area is 364 Å². The van der Waals surface area contributed by atoms with Gasteiger partial charge < -0.3 is 13.7 Å². The molecule has 13 rings (SSSR count). The second-order valence-corrected chi connectivity index (χ2v) is 16.5. The van der Waals surface area contributed by atoms with Gasteiger partial charge in [0.15, 0.2) is 0 Å². The summed E-state index contributed by atoms with van der Waals surface area (Å²) in [6, 6.07) is 86.4. The van der Waals surface area contributed by atoms with E-state index in [2.05, 4.69) is 250 Å². The Morgan fingerprint density at radius 1 is 0.206 bits per heavy atom. The van der Waals surface area contributed by atoms with E-state index >= 15 is 0 Å². The van der Waals surface area contributed by atoms with Crippen LogP contribution >= 0.6 is 0 Å². The molecule has 0 radical (unpaired) electrons. The molecule has 0 bridgehead atoms. The van der Waals surface area contributed by atoms with Gasteiger partial charge in [-0.25, -0.2) is 0 Å². The fraction of sp³-hybridized carbons (Fsp3) is 0. The summed E-state index contributed by atoms with van der Waals surface area (Å²) in [5.41, 5.74) is 17.9. The van der Waals surface area contributed by atoms with E-state index in [-0.39, 0.29) is 0 Å². The van der Waals surface area contributed by atoms with Crippen LogP contribution in [0.4, 0.5) is 0 Å². The van der Waals surface area contributed by atoms with E-state index in [4.69, 9.17) is 0 Å². The normalized spacial score (nSPS) is 11.8. The van der Waals surface area contributed by atoms with Gasteiger partial charge in [-0.2, -0.15) is 0 Å². The first kappa shape index (κ1) is 35.4. The number of aromatic nitrogens is 3. The quantitative estimate of drug-likeness (QED) is 0.159. The first-order chi connectivity index (χ1) is 31.3. The van der Waals surface area contributed by atoms with E-state index in [9.17, 15) is 0 Å². The maximum absolute atomic E-state index is 2.49. The summed E-state index contributed by atoms with van der Waals surface area (Å²) >= 11 is 0. The molecule has 0 saturated carbocycles. The van der Waals surface area contributed by atoms with Crippen LogP contribution in [0.15, 0.2) is 237 Å². The molecule has 294 valence electrons. The first-order valence-electron chi connectivity index (χ1n) is 21.7. The number of hydrogen-bond acceptors (Lipinski definition) is 0. The molecule has 0 saturated heterocycles. The summed E-state index contributed by atoms with van der Waals surface area (Å²) in [6.07, 6.45) is 0. The van der Waals surface area contributed by atoms with Crippen molar-refractivity contribution in [1.29, 1.82) is 0 Å². The van der Waals surface area contributed by atoms with Gasteiger partial charge in [-0.1, -0.05) is 158 Å². The molecular weight excluding hydrogens is 763 g/mol. The van der Waals surface area contributed by atoms with Crippen molar-refractivity contribution in [3.8, 4) is 50.4 Å². The molecule has 13 aromatic rings. The number of para-hydroxylation sites is 3. The molecule has 0 unspecified atom stereocenters. The highest BCUT2D eigenvalue weighted by Gasteiger charge is 2.22. The summed E-state index contributed by atoms with van der Waals surface area (Å²) in [7, 11) is 0. The molecular formula is C60H39N3. The summed E-state index contributed by atoms with van der Waals surface area (Å²) in [5.74, 6) is 0. The Bertz CT molecular complexity index is 3850. The molecule has 0 aliphatic rings. The maximum Gasteiger partial charge on any atom is 0.0641 e. The van der Waals surface area contributed by atoms with Gasteiger partial charge in [0.05, 0.1) is 33.1 Å². The van der Waals surface area contributed by atoms with Crippen LogP contribution in [-0.2, 0) is 0 Å². The zero-order valence-corrected chi connectivity index (χ0v) is 34.4. The van der Waals surface area contributed by atoms with Crippen molar-refractivity contribution >= 4 is 65.4 Å². The molecule has 3 heteroatoms. The maximum atomic E-state index is 2.49. The van der Waals surface area contributed by atoms with Crippen LogP contribution in [0.2, 0.25) is 0 Å². The lowest BCUT2D eigenvalue weighted by molar-refractivity contribution is 1.17. The largest absolute Gasteiger partial charge is 0.309 e.